The van der Waals surface area contributed by atoms with Gasteiger partial charge in [-0.25, -0.2) is 0 Å². The Labute approximate surface area is 67.9 Å². The van der Waals surface area contributed by atoms with Crippen LogP contribution in [-0.4, -0.2) is 12.7 Å². The molecule has 0 aliphatic rings. The first-order valence-electron chi connectivity index (χ1n) is 3.24. The third-order valence-electron chi connectivity index (χ3n) is 1.37. The zero-order valence-electron chi connectivity index (χ0n) is 6.03. The van der Waals surface area contributed by atoms with Crippen molar-refractivity contribution in [3.63, 3.8) is 0 Å². The number of benzene rings is 1. The summed E-state index contributed by atoms with van der Waals surface area (Å²) < 4.78 is 22.8. The molecule has 0 aliphatic carbocycles. The van der Waals surface area contributed by atoms with Crippen molar-refractivity contribution in [2.24, 2.45) is 0 Å². The van der Waals surface area contributed by atoms with Crippen molar-refractivity contribution in [2.45, 2.75) is 5.32 Å². The summed E-state index contributed by atoms with van der Waals surface area (Å²) >= 11 is -3.84. The minimum absolute atomic E-state index is 0.0134. The van der Waals surface area contributed by atoms with Crippen molar-refractivity contribution in [2.75, 3.05) is 0 Å². The van der Waals surface area contributed by atoms with Crippen LogP contribution in [0.25, 0.3) is 0 Å². The van der Waals surface area contributed by atoms with Gasteiger partial charge in [-0.05, 0) is 0 Å². The van der Waals surface area contributed by atoms with Crippen LogP contribution in [0.5, 0.6) is 0 Å². The molecule has 0 aromatic heterocycles. The molecule has 11 heavy (non-hydrogen) atoms. The Bertz CT molecular complexity index is 313. The first kappa shape index (κ1) is 8.44. The van der Waals surface area contributed by atoms with E-state index in [1.807, 2.05) is 0 Å². The van der Waals surface area contributed by atoms with Crippen molar-refractivity contribution in [3.05, 3.63) is 37.3 Å². The maximum atomic E-state index is 11.2. The molecule has 0 aliphatic heterocycles. The summed E-state index contributed by atoms with van der Waals surface area (Å²) in [5.74, 6) is 0. The number of rotatable bonds is 2. The van der Waals surface area contributed by atoms with Crippen LogP contribution in [0.1, 0.15) is 0 Å². The van der Waals surface area contributed by atoms with E-state index in [2.05, 4.69) is 6.92 Å². The molecule has 0 N–H and O–H groups in total. The van der Waals surface area contributed by atoms with Crippen LogP contribution >= 0.6 is 0 Å². The molecule has 3 heteroatoms. The van der Waals surface area contributed by atoms with Gasteiger partial charge in [0.05, 0.1) is 0 Å². The Balaban J connectivity index is 3.14. The third kappa shape index (κ3) is 1.88. The molecular formula is C8H9O2Se. The van der Waals surface area contributed by atoms with Crippen molar-refractivity contribution < 1.29 is 7.67 Å². The van der Waals surface area contributed by atoms with Crippen LogP contribution < -0.4 is 4.46 Å². The van der Waals surface area contributed by atoms with Crippen LogP contribution in [0.15, 0.2) is 30.3 Å². The Morgan fingerprint density at radius 1 is 1.18 bits per heavy atom. The molecular weight excluding hydrogens is 207 g/mol. The van der Waals surface area contributed by atoms with Crippen LogP contribution in [-0.2, 0) is 7.67 Å². The van der Waals surface area contributed by atoms with E-state index in [1.165, 1.54) is 0 Å². The Morgan fingerprint density at radius 3 is 2.18 bits per heavy atom. The summed E-state index contributed by atoms with van der Waals surface area (Å²) in [6.45, 7) is 3.38. The predicted molar refractivity (Wildman–Crippen MR) is 43.4 cm³/mol. The quantitative estimate of drug-likeness (QED) is 0.692. The molecule has 0 spiro atoms. The van der Waals surface area contributed by atoms with Gasteiger partial charge in [-0.1, -0.05) is 0 Å². The van der Waals surface area contributed by atoms with E-state index in [-0.39, 0.29) is 5.32 Å². The fraction of sp³-hybridized carbons (Fsp3) is 0.125. The Hall–Kier alpha value is -0.661. The molecule has 1 rings (SSSR count). The minimum atomic E-state index is -3.84. The molecule has 0 bridgehead atoms. The molecule has 1 radical (unpaired) electrons. The van der Waals surface area contributed by atoms with E-state index in [9.17, 15) is 7.67 Å². The molecule has 0 heterocycles. The fourth-order valence-corrected chi connectivity index (χ4v) is 2.44. The molecule has 0 saturated heterocycles. The molecule has 0 saturated carbocycles. The summed E-state index contributed by atoms with van der Waals surface area (Å²) in [6, 6.07) is 8.43. The molecule has 0 atom stereocenters. The number of hydrogen-bond donors (Lipinski definition) is 0. The van der Waals surface area contributed by atoms with Gasteiger partial charge in [0.2, 0.25) is 0 Å². The second kappa shape index (κ2) is 3.16. The SMILES string of the molecule is [CH2]C[Se](=O)(=O)c1ccccc1. The molecule has 0 amide bonds. The van der Waals surface area contributed by atoms with E-state index in [4.69, 9.17) is 0 Å². The van der Waals surface area contributed by atoms with Gasteiger partial charge in [-0.2, -0.15) is 0 Å². The topological polar surface area (TPSA) is 34.1 Å². The summed E-state index contributed by atoms with van der Waals surface area (Å²) in [5.41, 5.74) is 0. The first-order valence-corrected chi connectivity index (χ1v) is 6.70. The molecule has 1 aromatic rings. The van der Waals surface area contributed by atoms with E-state index in [0.29, 0.717) is 4.46 Å². The fourth-order valence-electron chi connectivity index (χ4n) is 0.746. The Morgan fingerprint density at radius 2 is 1.73 bits per heavy atom. The summed E-state index contributed by atoms with van der Waals surface area (Å²) in [5, 5.41) is -0.0134. The molecule has 1 aromatic carbocycles. The standard InChI is InChI=1S/C8H9O2Se/c1-2-11(9,10)8-6-4-3-5-7-8/h3-7H,1-2H2. The van der Waals surface area contributed by atoms with Crippen molar-refractivity contribution in [1.29, 1.82) is 0 Å². The first-order chi connectivity index (χ1) is 5.17. The molecule has 2 nitrogen and oxygen atoms in total. The van der Waals surface area contributed by atoms with E-state index < -0.39 is 12.7 Å². The Kier molecular flexibility index (Phi) is 2.42. The van der Waals surface area contributed by atoms with Gasteiger partial charge in [0.1, 0.15) is 0 Å². The zero-order valence-corrected chi connectivity index (χ0v) is 7.74. The van der Waals surface area contributed by atoms with Crippen molar-refractivity contribution in [1.82, 2.24) is 0 Å². The van der Waals surface area contributed by atoms with Gasteiger partial charge in [-0.15, -0.1) is 0 Å². The van der Waals surface area contributed by atoms with Gasteiger partial charge in [0, 0.05) is 0 Å². The van der Waals surface area contributed by atoms with Gasteiger partial charge in [-0.3, -0.25) is 0 Å². The van der Waals surface area contributed by atoms with Gasteiger partial charge in [0.25, 0.3) is 0 Å². The molecule has 0 fully saturated rings. The summed E-state index contributed by atoms with van der Waals surface area (Å²) in [6.07, 6.45) is 0. The van der Waals surface area contributed by atoms with Crippen LogP contribution in [0, 0.1) is 6.92 Å². The predicted octanol–water partition coefficient (Wildman–Crippen LogP) is 1.03. The second-order valence-electron chi connectivity index (χ2n) is 2.13. The van der Waals surface area contributed by atoms with E-state index >= 15 is 0 Å². The second-order valence-corrected chi connectivity index (χ2v) is 6.56. The van der Waals surface area contributed by atoms with Crippen LogP contribution in [0.3, 0.4) is 0 Å². The van der Waals surface area contributed by atoms with Gasteiger partial charge >= 0.3 is 67.4 Å². The normalized spacial score (nSPS) is 11.4. The monoisotopic (exact) mass is 217 g/mol. The average molecular weight is 216 g/mol. The van der Waals surface area contributed by atoms with Crippen LogP contribution in [0.2, 0.25) is 5.32 Å². The van der Waals surface area contributed by atoms with Crippen LogP contribution in [0.4, 0.5) is 0 Å². The third-order valence-corrected chi connectivity index (χ3v) is 4.58. The van der Waals surface area contributed by atoms with Gasteiger partial charge < -0.3 is 0 Å². The zero-order chi connectivity index (χ0) is 8.32. The summed E-state index contributed by atoms with van der Waals surface area (Å²) in [7, 11) is 0. The number of hydrogen-bond acceptors (Lipinski definition) is 2. The molecule has 0 unspecified atom stereocenters. The van der Waals surface area contributed by atoms with Gasteiger partial charge in [0.15, 0.2) is 0 Å². The van der Waals surface area contributed by atoms with Crippen molar-refractivity contribution in [3.8, 4) is 0 Å². The summed E-state index contributed by atoms with van der Waals surface area (Å²) in [4.78, 5) is 0. The molecule has 59 valence electrons. The average Bonchev–Trinajstić information content (AvgIpc) is 2.06. The van der Waals surface area contributed by atoms with Crippen molar-refractivity contribution >= 4 is 17.2 Å². The van der Waals surface area contributed by atoms with E-state index in [1.54, 1.807) is 30.3 Å². The maximum absolute atomic E-state index is 11.2. The van der Waals surface area contributed by atoms with E-state index in [0.717, 1.165) is 0 Å².